The molecule has 0 N–H and O–H groups in total. The molecule has 0 saturated carbocycles. The molecule has 0 aromatic heterocycles. The molecule has 0 saturated heterocycles. The van der Waals surface area contributed by atoms with Gasteiger partial charge in [-0.25, -0.2) is 0 Å². The second-order valence-corrected chi connectivity index (χ2v) is 3.02. The van der Waals surface area contributed by atoms with Crippen molar-refractivity contribution in [2.45, 2.75) is 46.7 Å². The summed E-state index contributed by atoms with van der Waals surface area (Å²) in [5, 5.41) is 0. The van der Waals surface area contributed by atoms with Gasteiger partial charge in [0.2, 0.25) is 0 Å². The minimum atomic E-state index is 0.690. The average Bonchev–Trinajstić information content (AvgIpc) is 1.91. The Kier molecular flexibility index (Phi) is 12.9. The van der Waals surface area contributed by atoms with Crippen molar-refractivity contribution < 1.29 is 0 Å². The van der Waals surface area contributed by atoms with E-state index in [1.165, 1.54) is 0 Å². The van der Waals surface area contributed by atoms with Gasteiger partial charge in [-0.2, -0.15) is 0 Å². The molecule has 0 aliphatic heterocycles. The Labute approximate surface area is 94.6 Å². The average molecular weight is 383 g/mol. The minimum absolute atomic E-state index is 0.690. The SMILES string of the molecule is CCN(C(C)C)C(C)C.II. The molecular formula is C8H19I2N. The maximum atomic E-state index is 2.46. The molecule has 1 nitrogen and oxygen atoms in total. The number of rotatable bonds is 3. The van der Waals surface area contributed by atoms with E-state index in [4.69, 9.17) is 0 Å². The van der Waals surface area contributed by atoms with Crippen LogP contribution in [0.3, 0.4) is 0 Å². The second-order valence-electron chi connectivity index (χ2n) is 3.02. The van der Waals surface area contributed by atoms with Gasteiger partial charge < -0.3 is 0 Å². The number of hydrogen-bond acceptors (Lipinski definition) is 1. The highest BCUT2D eigenvalue weighted by Crippen LogP contribution is 2.02. The molecule has 0 spiro atoms. The third kappa shape index (κ3) is 7.77. The second kappa shape index (κ2) is 9.51. The third-order valence-corrected chi connectivity index (χ3v) is 1.69. The highest BCUT2D eigenvalue weighted by molar-refractivity contribution is 15.0. The molecule has 0 radical (unpaired) electrons. The van der Waals surface area contributed by atoms with Gasteiger partial charge in [-0.05, 0) is 34.2 Å². The smallest absolute Gasteiger partial charge is 0.00411 e. The molecule has 0 atom stereocenters. The Hall–Kier alpha value is 1.42. The van der Waals surface area contributed by atoms with Gasteiger partial charge in [0, 0.05) is 49.3 Å². The highest BCUT2D eigenvalue weighted by Gasteiger charge is 2.08. The summed E-state index contributed by atoms with van der Waals surface area (Å²) in [7, 11) is 0. The Morgan fingerprint density at radius 3 is 1.27 bits per heavy atom. The van der Waals surface area contributed by atoms with Crippen molar-refractivity contribution >= 4 is 37.2 Å². The zero-order valence-electron chi connectivity index (χ0n) is 8.06. The van der Waals surface area contributed by atoms with E-state index in [9.17, 15) is 0 Å². The zero-order chi connectivity index (χ0) is 9.44. The van der Waals surface area contributed by atoms with Crippen LogP contribution in [0.2, 0.25) is 0 Å². The first-order valence-corrected chi connectivity index (χ1v) is 10.3. The topological polar surface area (TPSA) is 3.24 Å². The maximum absolute atomic E-state index is 2.46. The van der Waals surface area contributed by atoms with Crippen LogP contribution in [0.5, 0.6) is 0 Å². The van der Waals surface area contributed by atoms with Crippen molar-refractivity contribution in [2.24, 2.45) is 0 Å². The lowest BCUT2D eigenvalue weighted by Crippen LogP contribution is -2.36. The van der Waals surface area contributed by atoms with E-state index in [0.29, 0.717) is 12.1 Å². The summed E-state index contributed by atoms with van der Waals surface area (Å²) in [6.07, 6.45) is 0. The van der Waals surface area contributed by atoms with Crippen LogP contribution in [0, 0.1) is 0 Å². The quantitative estimate of drug-likeness (QED) is 0.669. The van der Waals surface area contributed by atoms with E-state index >= 15 is 0 Å². The van der Waals surface area contributed by atoms with Crippen LogP contribution in [-0.2, 0) is 0 Å². The Balaban J connectivity index is 0. The molecule has 0 fully saturated rings. The number of hydrogen-bond donors (Lipinski definition) is 0. The summed E-state index contributed by atoms with van der Waals surface area (Å²) < 4.78 is 0. The first kappa shape index (κ1) is 14.9. The van der Waals surface area contributed by atoms with Gasteiger partial charge in [-0.1, -0.05) is 6.92 Å². The van der Waals surface area contributed by atoms with Crippen LogP contribution in [0.15, 0.2) is 0 Å². The van der Waals surface area contributed by atoms with Crippen LogP contribution in [0.4, 0.5) is 0 Å². The Bertz CT molecular complexity index is 66.5. The summed E-state index contributed by atoms with van der Waals surface area (Å²) in [4.78, 5) is 2.46. The van der Waals surface area contributed by atoms with E-state index in [2.05, 4.69) is 76.8 Å². The van der Waals surface area contributed by atoms with Crippen molar-refractivity contribution in [1.82, 2.24) is 4.90 Å². The molecular weight excluding hydrogens is 364 g/mol. The molecule has 0 bridgehead atoms. The predicted molar refractivity (Wildman–Crippen MR) is 70.7 cm³/mol. The van der Waals surface area contributed by atoms with Crippen molar-refractivity contribution in [1.29, 1.82) is 0 Å². The largest absolute Gasteiger partial charge is 0.299 e. The van der Waals surface area contributed by atoms with Gasteiger partial charge in [-0.3, -0.25) is 4.90 Å². The van der Waals surface area contributed by atoms with Gasteiger partial charge in [0.15, 0.2) is 0 Å². The predicted octanol–water partition coefficient (Wildman–Crippen LogP) is 3.90. The van der Waals surface area contributed by atoms with Gasteiger partial charge in [0.05, 0.1) is 0 Å². The maximum Gasteiger partial charge on any atom is 0.00411 e. The Morgan fingerprint density at radius 1 is 1.00 bits per heavy atom. The molecule has 0 heterocycles. The summed E-state index contributed by atoms with van der Waals surface area (Å²) >= 11 is 4.24. The summed E-state index contributed by atoms with van der Waals surface area (Å²) in [6, 6.07) is 1.38. The lowest BCUT2D eigenvalue weighted by molar-refractivity contribution is 0.185. The fraction of sp³-hybridized carbons (Fsp3) is 1.00. The summed E-state index contributed by atoms with van der Waals surface area (Å²) in [5.41, 5.74) is 0. The van der Waals surface area contributed by atoms with E-state index in [0.717, 1.165) is 6.54 Å². The molecule has 11 heavy (non-hydrogen) atoms. The lowest BCUT2D eigenvalue weighted by Gasteiger charge is -2.28. The zero-order valence-corrected chi connectivity index (χ0v) is 12.4. The van der Waals surface area contributed by atoms with Crippen molar-refractivity contribution in [3.8, 4) is 0 Å². The fourth-order valence-corrected chi connectivity index (χ4v) is 1.33. The van der Waals surface area contributed by atoms with Gasteiger partial charge in [0.1, 0.15) is 0 Å². The van der Waals surface area contributed by atoms with E-state index in [1.807, 2.05) is 0 Å². The first-order valence-electron chi connectivity index (χ1n) is 3.99. The molecule has 0 amide bonds. The van der Waals surface area contributed by atoms with Crippen LogP contribution in [-0.4, -0.2) is 23.5 Å². The van der Waals surface area contributed by atoms with E-state index < -0.39 is 0 Å². The van der Waals surface area contributed by atoms with Crippen molar-refractivity contribution in [2.75, 3.05) is 6.54 Å². The van der Waals surface area contributed by atoms with Gasteiger partial charge >= 0.3 is 0 Å². The highest BCUT2D eigenvalue weighted by atomic mass is 128. The van der Waals surface area contributed by atoms with Crippen LogP contribution in [0.1, 0.15) is 34.6 Å². The van der Waals surface area contributed by atoms with E-state index in [-0.39, 0.29) is 0 Å². The van der Waals surface area contributed by atoms with Crippen molar-refractivity contribution in [3.05, 3.63) is 0 Å². The normalized spacial score (nSPS) is 10.4. The molecule has 0 aliphatic rings. The Morgan fingerprint density at radius 2 is 1.27 bits per heavy atom. The molecule has 0 aromatic carbocycles. The third-order valence-electron chi connectivity index (χ3n) is 1.69. The van der Waals surface area contributed by atoms with Gasteiger partial charge in [-0.15, -0.1) is 0 Å². The van der Waals surface area contributed by atoms with Crippen LogP contribution in [0.25, 0.3) is 0 Å². The molecule has 0 rings (SSSR count). The van der Waals surface area contributed by atoms with Crippen molar-refractivity contribution in [3.63, 3.8) is 0 Å². The van der Waals surface area contributed by atoms with Gasteiger partial charge in [0.25, 0.3) is 0 Å². The lowest BCUT2D eigenvalue weighted by atomic mass is 10.2. The molecule has 0 aromatic rings. The van der Waals surface area contributed by atoms with Crippen LogP contribution < -0.4 is 0 Å². The summed E-state index contributed by atoms with van der Waals surface area (Å²) in [6.45, 7) is 12.3. The first-order chi connectivity index (χ1) is 5.09. The molecule has 70 valence electrons. The standard InChI is InChI=1S/C8H19N.I2/c1-6-9(7(2)3)8(4)5;1-2/h7-8H,6H2,1-5H3;. The monoisotopic (exact) mass is 383 g/mol. The fourth-order valence-electron chi connectivity index (χ4n) is 1.33. The summed E-state index contributed by atoms with van der Waals surface area (Å²) in [5.74, 6) is 0. The molecule has 3 heteroatoms. The van der Waals surface area contributed by atoms with E-state index in [1.54, 1.807) is 0 Å². The number of nitrogens with zero attached hydrogens (tertiary/aromatic N) is 1. The molecule has 0 aliphatic carbocycles. The molecule has 0 unspecified atom stereocenters. The number of halogens is 2. The minimum Gasteiger partial charge on any atom is -0.299 e. The van der Waals surface area contributed by atoms with Crippen LogP contribution >= 0.6 is 37.2 Å².